The van der Waals surface area contributed by atoms with Crippen LogP contribution in [-0.2, 0) is 0 Å². The first-order valence-electron chi connectivity index (χ1n) is 17.9. The molecule has 0 atom stereocenters. The van der Waals surface area contributed by atoms with Crippen molar-refractivity contribution in [3.63, 3.8) is 0 Å². The second-order valence-corrected chi connectivity index (χ2v) is 13.2. The molecule has 10 rings (SSSR count). The van der Waals surface area contributed by atoms with Gasteiger partial charge >= 0.3 is 0 Å². The van der Waals surface area contributed by atoms with E-state index in [1.807, 2.05) is 84.9 Å². The zero-order valence-corrected chi connectivity index (χ0v) is 29.0. The molecule has 54 heavy (non-hydrogen) atoms. The SMILES string of the molecule is c1ccc(-c2nc(-c3ccc4ccccc4c3)nc(-c3ccc4cccc(-c5nc(-c6ccccc6)nc(-c6ccc7ccccc7c6)n5)c4c3)n2)cc1. The summed E-state index contributed by atoms with van der Waals surface area (Å²) in [6, 6.07) is 62.0. The van der Waals surface area contributed by atoms with Gasteiger partial charge < -0.3 is 0 Å². The van der Waals surface area contributed by atoms with Crippen LogP contribution in [-0.4, -0.2) is 29.9 Å². The van der Waals surface area contributed by atoms with Gasteiger partial charge in [-0.25, -0.2) is 29.9 Å². The van der Waals surface area contributed by atoms with Gasteiger partial charge in [0, 0.05) is 33.4 Å². The fourth-order valence-corrected chi connectivity index (χ4v) is 6.96. The maximum Gasteiger partial charge on any atom is 0.164 e. The Labute approximate surface area is 311 Å². The highest BCUT2D eigenvalue weighted by Crippen LogP contribution is 2.34. The molecule has 0 radical (unpaired) electrons. The van der Waals surface area contributed by atoms with Crippen molar-refractivity contribution in [1.82, 2.24) is 29.9 Å². The van der Waals surface area contributed by atoms with Crippen LogP contribution in [0.25, 0.3) is 101 Å². The predicted octanol–water partition coefficient (Wildman–Crippen LogP) is 11.5. The lowest BCUT2D eigenvalue weighted by Crippen LogP contribution is -2.01. The lowest BCUT2D eigenvalue weighted by atomic mass is 10.0. The van der Waals surface area contributed by atoms with E-state index in [4.69, 9.17) is 29.9 Å². The number of benzene rings is 8. The minimum atomic E-state index is 0.584. The van der Waals surface area contributed by atoms with Gasteiger partial charge in [-0.1, -0.05) is 164 Å². The number of nitrogens with zero attached hydrogens (tertiary/aromatic N) is 6. The van der Waals surface area contributed by atoms with Crippen molar-refractivity contribution >= 4 is 32.3 Å². The van der Waals surface area contributed by atoms with Crippen LogP contribution < -0.4 is 0 Å². The van der Waals surface area contributed by atoms with Crippen LogP contribution in [0.4, 0.5) is 0 Å². The summed E-state index contributed by atoms with van der Waals surface area (Å²) in [6.07, 6.45) is 0. The summed E-state index contributed by atoms with van der Waals surface area (Å²) in [4.78, 5) is 30.3. The number of fused-ring (bicyclic) bond motifs is 3. The molecule has 6 nitrogen and oxygen atoms in total. The summed E-state index contributed by atoms with van der Waals surface area (Å²) in [6.45, 7) is 0. The largest absolute Gasteiger partial charge is 0.208 e. The quantitative estimate of drug-likeness (QED) is 0.173. The van der Waals surface area contributed by atoms with Crippen LogP contribution in [0.1, 0.15) is 0 Å². The monoisotopic (exact) mass is 690 g/mol. The fourth-order valence-electron chi connectivity index (χ4n) is 6.96. The molecule has 0 fully saturated rings. The Bertz CT molecular complexity index is 3000. The summed E-state index contributed by atoms with van der Waals surface area (Å²) in [5.74, 6) is 3.63. The van der Waals surface area contributed by atoms with Crippen LogP contribution in [0.15, 0.2) is 182 Å². The average molecular weight is 691 g/mol. The summed E-state index contributed by atoms with van der Waals surface area (Å²) < 4.78 is 0. The first kappa shape index (κ1) is 31.3. The second kappa shape index (κ2) is 13.3. The lowest BCUT2D eigenvalue weighted by Gasteiger charge is -2.12. The molecule has 0 saturated heterocycles. The Hall–Kier alpha value is -7.44. The third kappa shape index (κ3) is 5.91. The lowest BCUT2D eigenvalue weighted by molar-refractivity contribution is 1.07. The van der Waals surface area contributed by atoms with Crippen molar-refractivity contribution in [3.05, 3.63) is 182 Å². The zero-order valence-electron chi connectivity index (χ0n) is 29.0. The minimum absolute atomic E-state index is 0.584. The van der Waals surface area contributed by atoms with Crippen molar-refractivity contribution in [1.29, 1.82) is 0 Å². The summed E-state index contributed by atoms with van der Waals surface area (Å²) in [7, 11) is 0. The Morgan fingerprint density at radius 3 is 1.09 bits per heavy atom. The molecule has 10 aromatic rings. The normalized spacial score (nSPS) is 11.3. The summed E-state index contributed by atoms with van der Waals surface area (Å²) in [5, 5.41) is 6.62. The highest BCUT2D eigenvalue weighted by atomic mass is 15.0. The van der Waals surface area contributed by atoms with Crippen molar-refractivity contribution in [2.75, 3.05) is 0 Å². The smallest absolute Gasteiger partial charge is 0.164 e. The fraction of sp³-hybridized carbons (Fsp3) is 0. The Kier molecular flexibility index (Phi) is 7.69. The van der Waals surface area contributed by atoms with Gasteiger partial charge in [0.2, 0.25) is 0 Å². The number of hydrogen-bond donors (Lipinski definition) is 0. The van der Waals surface area contributed by atoms with E-state index in [9.17, 15) is 0 Å². The highest BCUT2D eigenvalue weighted by Gasteiger charge is 2.17. The minimum Gasteiger partial charge on any atom is -0.208 e. The van der Waals surface area contributed by atoms with Gasteiger partial charge in [-0.3, -0.25) is 0 Å². The maximum absolute atomic E-state index is 5.13. The van der Waals surface area contributed by atoms with E-state index in [0.717, 1.165) is 60.3 Å². The second-order valence-electron chi connectivity index (χ2n) is 13.2. The van der Waals surface area contributed by atoms with Crippen LogP contribution in [0.3, 0.4) is 0 Å². The van der Waals surface area contributed by atoms with Gasteiger partial charge in [0.1, 0.15) is 0 Å². The van der Waals surface area contributed by atoms with E-state index in [-0.39, 0.29) is 0 Å². The Morgan fingerprint density at radius 2 is 0.593 bits per heavy atom. The van der Waals surface area contributed by atoms with Crippen molar-refractivity contribution < 1.29 is 0 Å². The molecule has 0 unspecified atom stereocenters. The molecule has 2 aromatic heterocycles. The molecule has 0 aliphatic carbocycles. The van der Waals surface area contributed by atoms with Gasteiger partial charge in [0.15, 0.2) is 34.9 Å². The molecule has 0 N–H and O–H groups in total. The molecule has 252 valence electrons. The average Bonchev–Trinajstić information content (AvgIpc) is 3.26. The Morgan fingerprint density at radius 1 is 0.222 bits per heavy atom. The van der Waals surface area contributed by atoms with Crippen LogP contribution in [0, 0.1) is 0 Å². The molecule has 0 aliphatic rings. The van der Waals surface area contributed by atoms with E-state index >= 15 is 0 Å². The van der Waals surface area contributed by atoms with E-state index in [1.54, 1.807) is 0 Å². The molecule has 0 aliphatic heterocycles. The molecule has 0 saturated carbocycles. The van der Waals surface area contributed by atoms with Gasteiger partial charge in [-0.15, -0.1) is 0 Å². The van der Waals surface area contributed by atoms with Gasteiger partial charge in [-0.2, -0.15) is 0 Å². The first-order chi connectivity index (χ1) is 26.7. The van der Waals surface area contributed by atoms with Gasteiger partial charge in [-0.05, 0) is 50.5 Å². The summed E-state index contributed by atoms with van der Waals surface area (Å²) in [5.41, 5.74) is 5.45. The molecule has 0 spiro atoms. The molecule has 0 bridgehead atoms. The molecule has 0 amide bonds. The van der Waals surface area contributed by atoms with E-state index in [0.29, 0.717) is 34.9 Å². The van der Waals surface area contributed by atoms with E-state index in [2.05, 4.69) is 97.1 Å². The predicted molar refractivity (Wildman–Crippen MR) is 218 cm³/mol. The topological polar surface area (TPSA) is 77.3 Å². The number of rotatable bonds is 6. The standard InChI is InChI=1S/C48H30N6/c1-3-14-34(15-4-1)43-49-45(38-25-22-31-12-7-9-18-36(31)28-38)52-47(50-43)40-27-24-33-20-11-21-41(42(33)30-40)48-53-44(35-16-5-2-6-17-35)51-46(54-48)39-26-23-32-13-8-10-19-37(32)29-39/h1-30H. The molecule has 2 heterocycles. The third-order valence-corrected chi connectivity index (χ3v) is 9.73. The van der Waals surface area contributed by atoms with Crippen LogP contribution in [0.5, 0.6) is 0 Å². The van der Waals surface area contributed by atoms with Gasteiger partial charge in [0.05, 0.1) is 0 Å². The molecule has 8 aromatic carbocycles. The molecule has 6 heteroatoms. The van der Waals surface area contributed by atoms with Crippen molar-refractivity contribution in [3.8, 4) is 68.3 Å². The summed E-state index contributed by atoms with van der Waals surface area (Å²) >= 11 is 0. The van der Waals surface area contributed by atoms with Crippen molar-refractivity contribution in [2.24, 2.45) is 0 Å². The molecular formula is C48H30N6. The zero-order chi connectivity index (χ0) is 35.8. The Balaban J connectivity index is 1.15. The van der Waals surface area contributed by atoms with Gasteiger partial charge in [0.25, 0.3) is 0 Å². The number of aromatic nitrogens is 6. The van der Waals surface area contributed by atoms with Crippen LogP contribution >= 0.6 is 0 Å². The van der Waals surface area contributed by atoms with Crippen molar-refractivity contribution in [2.45, 2.75) is 0 Å². The van der Waals surface area contributed by atoms with E-state index < -0.39 is 0 Å². The molecular weight excluding hydrogens is 661 g/mol. The maximum atomic E-state index is 5.13. The third-order valence-electron chi connectivity index (χ3n) is 9.73. The number of hydrogen-bond acceptors (Lipinski definition) is 6. The first-order valence-corrected chi connectivity index (χ1v) is 17.9. The van der Waals surface area contributed by atoms with E-state index in [1.165, 1.54) is 5.39 Å². The van der Waals surface area contributed by atoms with Crippen LogP contribution in [0.2, 0.25) is 0 Å². The highest BCUT2D eigenvalue weighted by molar-refractivity contribution is 5.98.